The van der Waals surface area contributed by atoms with Crippen LogP contribution in [0.3, 0.4) is 0 Å². The van der Waals surface area contributed by atoms with Crippen molar-refractivity contribution < 1.29 is 0 Å². The summed E-state index contributed by atoms with van der Waals surface area (Å²) in [5, 5.41) is 18.7. The Morgan fingerprint density at radius 3 is 2.94 bits per heavy atom. The summed E-state index contributed by atoms with van der Waals surface area (Å²) in [4.78, 5) is 0.297. The normalized spacial score (nSPS) is 10.3. The summed E-state index contributed by atoms with van der Waals surface area (Å²) >= 11 is 4.94. The highest BCUT2D eigenvalue weighted by Crippen LogP contribution is 2.09. The van der Waals surface area contributed by atoms with Crippen LogP contribution in [0.4, 0.5) is 5.82 Å². The first-order valence-corrected chi connectivity index (χ1v) is 5.77. The lowest BCUT2D eigenvalue weighted by Gasteiger charge is -2.08. The van der Waals surface area contributed by atoms with Gasteiger partial charge >= 0.3 is 0 Å². The highest BCUT2D eigenvalue weighted by atomic mass is 32.1. The predicted molar refractivity (Wildman–Crippen MR) is 71.1 cm³/mol. The van der Waals surface area contributed by atoms with Crippen molar-refractivity contribution in [1.82, 2.24) is 25.0 Å². The maximum Gasteiger partial charge on any atom is 0.158 e. The Balaban J connectivity index is 1.99. The van der Waals surface area contributed by atoms with E-state index in [0.29, 0.717) is 22.9 Å². The highest BCUT2D eigenvalue weighted by molar-refractivity contribution is 7.80. The quantitative estimate of drug-likeness (QED) is 0.727. The lowest BCUT2D eigenvalue weighted by Crippen LogP contribution is -2.17. The number of hydrogen-bond donors (Lipinski definition) is 2. The monoisotopic (exact) mass is 263 g/mol. The van der Waals surface area contributed by atoms with Crippen molar-refractivity contribution in [2.24, 2.45) is 12.8 Å². The summed E-state index contributed by atoms with van der Waals surface area (Å²) in [6.07, 6.45) is 3.95. The van der Waals surface area contributed by atoms with Gasteiger partial charge in [0, 0.05) is 20.0 Å². The summed E-state index contributed by atoms with van der Waals surface area (Å²) in [7, 11) is 1.90. The lowest BCUT2D eigenvalue weighted by molar-refractivity contribution is 0.786. The number of thiocarbonyl (C=S) groups is 1. The molecule has 2 aromatic rings. The minimum absolute atomic E-state index is 0.297. The summed E-state index contributed by atoms with van der Waals surface area (Å²) in [6, 6.07) is 1.74. The van der Waals surface area contributed by atoms with E-state index in [4.69, 9.17) is 18.0 Å². The van der Waals surface area contributed by atoms with E-state index in [1.54, 1.807) is 18.6 Å². The van der Waals surface area contributed by atoms with E-state index in [1.165, 1.54) is 0 Å². The number of nitrogens with zero attached hydrogens (tertiary/aromatic N) is 5. The molecule has 0 fully saturated rings. The molecule has 0 aliphatic carbocycles. The van der Waals surface area contributed by atoms with Crippen molar-refractivity contribution >= 4 is 23.0 Å². The molecule has 0 unspecified atom stereocenters. The molecule has 0 atom stereocenters. The first-order valence-electron chi connectivity index (χ1n) is 5.36. The van der Waals surface area contributed by atoms with Crippen LogP contribution >= 0.6 is 12.2 Å². The molecule has 0 spiro atoms. The van der Waals surface area contributed by atoms with Crippen LogP contribution in [0.2, 0.25) is 0 Å². The molecule has 18 heavy (non-hydrogen) atoms. The Morgan fingerprint density at radius 1 is 1.44 bits per heavy atom. The van der Waals surface area contributed by atoms with E-state index in [1.807, 2.05) is 11.6 Å². The van der Waals surface area contributed by atoms with Gasteiger partial charge in [-0.15, -0.1) is 15.3 Å². The van der Waals surface area contributed by atoms with Gasteiger partial charge in [0.2, 0.25) is 0 Å². The van der Waals surface area contributed by atoms with Crippen molar-refractivity contribution in [3.8, 4) is 0 Å². The molecule has 0 saturated carbocycles. The van der Waals surface area contributed by atoms with Crippen LogP contribution in [0.15, 0.2) is 18.6 Å². The Kier molecular flexibility index (Phi) is 3.78. The molecule has 2 aromatic heterocycles. The minimum atomic E-state index is 0.297. The molecule has 7 nitrogen and oxygen atoms in total. The predicted octanol–water partition coefficient (Wildman–Crippen LogP) is -0.106. The molecule has 0 bridgehead atoms. The maximum atomic E-state index is 5.60. The Labute approximate surface area is 109 Å². The van der Waals surface area contributed by atoms with Crippen molar-refractivity contribution in [2.45, 2.75) is 6.42 Å². The van der Waals surface area contributed by atoms with Gasteiger partial charge in [-0.25, -0.2) is 0 Å². The molecular formula is C10H13N7S. The second-order valence-electron chi connectivity index (χ2n) is 3.69. The zero-order chi connectivity index (χ0) is 13.0. The number of aromatic nitrogens is 5. The van der Waals surface area contributed by atoms with E-state index in [2.05, 4.69) is 25.7 Å². The molecule has 0 saturated heterocycles. The van der Waals surface area contributed by atoms with Gasteiger partial charge in [-0.3, -0.25) is 0 Å². The molecule has 8 heteroatoms. The Hall–Kier alpha value is -2.09. The van der Waals surface area contributed by atoms with Crippen LogP contribution < -0.4 is 11.1 Å². The number of hydrogen-bond acceptors (Lipinski definition) is 6. The molecule has 0 radical (unpaired) electrons. The number of anilines is 1. The van der Waals surface area contributed by atoms with E-state index in [0.717, 1.165) is 12.2 Å². The SMILES string of the molecule is Cn1cnnc1CCNc1nnccc1C(N)=S. The van der Waals surface area contributed by atoms with Crippen molar-refractivity contribution in [1.29, 1.82) is 0 Å². The van der Waals surface area contributed by atoms with Crippen LogP contribution in [0, 0.1) is 0 Å². The Bertz CT molecular complexity index is 551. The lowest BCUT2D eigenvalue weighted by atomic mass is 10.2. The van der Waals surface area contributed by atoms with Gasteiger partial charge in [0.1, 0.15) is 17.1 Å². The van der Waals surface area contributed by atoms with Crippen LogP contribution in [0.25, 0.3) is 0 Å². The molecule has 3 N–H and O–H groups in total. The number of nitrogens with two attached hydrogens (primary N) is 1. The third-order valence-corrected chi connectivity index (χ3v) is 2.65. The highest BCUT2D eigenvalue weighted by Gasteiger charge is 2.07. The summed E-state index contributed by atoms with van der Waals surface area (Å²) in [6.45, 7) is 0.654. The number of aryl methyl sites for hydroxylation is 1. The smallest absolute Gasteiger partial charge is 0.158 e. The summed E-state index contributed by atoms with van der Waals surface area (Å²) in [5.41, 5.74) is 6.29. The van der Waals surface area contributed by atoms with Gasteiger partial charge in [-0.2, -0.15) is 5.10 Å². The van der Waals surface area contributed by atoms with Crippen LogP contribution in [0.5, 0.6) is 0 Å². The molecule has 0 aromatic carbocycles. The molecule has 0 aliphatic rings. The fourth-order valence-electron chi connectivity index (χ4n) is 1.49. The van der Waals surface area contributed by atoms with Crippen LogP contribution in [-0.2, 0) is 13.5 Å². The third-order valence-electron chi connectivity index (χ3n) is 2.43. The standard InChI is InChI=1S/C10H13N7S/c1-17-6-14-15-8(17)3-4-12-10-7(9(11)18)2-5-13-16-10/h2,5-6H,3-4H2,1H3,(H2,11,18)(H,12,16). The van der Waals surface area contributed by atoms with Gasteiger partial charge in [-0.1, -0.05) is 12.2 Å². The van der Waals surface area contributed by atoms with E-state index in [9.17, 15) is 0 Å². The fourth-order valence-corrected chi connectivity index (χ4v) is 1.65. The zero-order valence-electron chi connectivity index (χ0n) is 9.87. The average Bonchev–Trinajstić information content (AvgIpc) is 2.76. The molecule has 2 heterocycles. The van der Waals surface area contributed by atoms with Gasteiger partial charge in [-0.05, 0) is 6.07 Å². The van der Waals surface area contributed by atoms with E-state index in [-0.39, 0.29) is 0 Å². The topological polar surface area (TPSA) is 94.5 Å². The minimum Gasteiger partial charge on any atom is -0.389 e. The summed E-state index contributed by atoms with van der Waals surface area (Å²) in [5.74, 6) is 1.48. The molecule has 94 valence electrons. The fraction of sp³-hybridized carbons (Fsp3) is 0.300. The van der Waals surface area contributed by atoms with Gasteiger partial charge in [0.15, 0.2) is 5.82 Å². The average molecular weight is 263 g/mol. The van der Waals surface area contributed by atoms with Crippen LogP contribution in [-0.4, -0.2) is 36.5 Å². The third kappa shape index (κ3) is 2.77. The van der Waals surface area contributed by atoms with E-state index < -0.39 is 0 Å². The van der Waals surface area contributed by atoms with E-state index >= 15 is 0 Å². The molecular weight excluding hydrogens is 250 g/mol. The van der Waals surface area contributed by atoms with Crippen molar-refractivity contribution in [3.05, 3.63) is 30.0 Å². The van der Waals surface area contributed by atoms with Gasteiger partial charge in [0.05, 0.1) is 11.8 Å². The van der Waals surface area contributed by atoms with Gasteiger partial charge in [0.25, 0.3) is 0 Å². The largest absolute Gasteiger partial charge is 0.389 e. The molecule has 0 aliphatic heterocycles. The zero-order valence-corrected chi connectivity index (χ0v) is 10.7. The summed E-state index contributed by atoms with van der Waals surface area (Å²) < 4.78 is 1.87. The second kappa shape index (κ2) is 5.50. The van der Waals surface area contributed by atoms with Gasteiger partial charge < -0.3 is 15.6 Å². The maximum absolute atomic E-state index is 5.60. The molecule has 2 rings (SSSR count). The first-order chi connectivity index (χ1) is 8.68. The number of nitrogens with one attached hydrogen (secondary N) is 1. The van der Waals surface area contributed by atoms with Crippen molar-refractivity contribution in [2.75, 3.05) is 11.9 Å². The number of rotatable bonds is 5. The van der Waals surface area contributed by atoms with Crippen molar-refractivity contribution in [3.63, 3.8) is 0 Å². The second-order valence-corrected chi connectivity index (χ2v) is 4.13. The Morgan fingerprint density at radius 2 is 2.28 bits per heavy atom. The molecule has 0 amide bonds. The van der Waals surface area contributed by atoms with Crippen LogP contribution in [0.1, 0.15) is 11.4 Å². The first kappa shape index (κ1) is 12.4.